The molecule has 2 aliphatic rings. The quantitative estimate of drug-likeness (QED) is 0.405. The monoisotopic (exact) mass is 438 g/mol. The van der Waals surface area contributed by atoms with E-state index in [-0.39, 0.29) is 0 Å². The third-order valence-corrected chi connectivity index (χ3v) is 7.02. The third-order valence-electron chi connectivity index (χ3n) is 7.02. The van der Waals surface area contributed by atoms with Crippen molar-refractivity contribution in [1.82, 2.24) is 25.1 Å². The van der Waals surface area contributed by atoms with Crippen molar-refractivity contribution < 1.29 is 0 Å². The van der Waals surface area contributed by atoms with Crippen LogP contribution < -0.4 is 10.6 Å². The van der Waals surface area contributed by atoms with Crippen molar-refractivity contribution in [3.63, 3.8) is 0 Å². The molecule has 0 radical (unpaired) electrons. The molecule has 8 nitrogen and oxygen atoms in total. The smallest absolute Gasteiger partial charge is 0.161 e. The first kappa shape index (κ1) is 19.9. The van der Waals surface area contributed by atoms with Crippen LogP contribution >= 0.6 is 0 Å². The summed E-state index contributed by atoms with van der Waals surface area (Å²) >= 11 is 0. The van der Waals surface area contributed by atoms with Crippen molar-refractivity contribution >= 4 is 39.3 Å². The number of hydrogen-bond acceptors (Lipinski definition) is 7. The van der Waals surface area contributed by atoms with Crippen LogP contribution in [0.1, 0.15) is 32.1 Å². The van der Waals surface area contributed by atoms with Crippen LogP contribution in [0, 0.1) is 11.3 Å². The minimum Gasteiger partial charge on any atom is -0.367 e. The number of piperidine rings is 1. The van der Waals surface area contributed by atoms with Crippen LogP contribution in [0.4, 0.5) is 17.5 Å². The second-order valence-corrected chi connectivity index (χ2v) is 9.01. The number of nitrogens with one attached hydrogen (secondary N) is 3. The molecule has 166 valence electrons. The molecule has 0 spiro atoms. The van der Waals surface area contributed by atoms with Gasteiger partial charge in [0, 0.05) is 54.1 Å². The first-order chi connectivity index (χ1) is 16.3. The van der Waals surface area contributed by atoms with Crippen molar-refractivity contribution in [3.8, 4) is 6.07 Å². The van der Waals surface area contributed by atoms with Gasteiger partial charge in [-0.25, -0.2) is 4.98 Å². The SMILES string of the molecule is N#CCCN1C2CC[C@H]1CC(Nc1nc(Nc3n[nH]c4ccccc34)cc3ncccc13)C2. The molecule has 0 aliphatic carbocycles. The minimum atomic E-state index is 0.359. The topological polar surface area (TPSA) is 106 Å². The predicted octanol–water partition coefficient (Wildman–Crippen LogP) is 4.57. The average Bonchev–Trinajstić information content (AvgIpc) is 3.34. The number of H-pyrrole nitrogens is 1. The van der Waals surface area contributed by atoms with Crippen molar-refractivity contribution in [1.29, 1.82) is 5.26 Å². The molecule has 5 heterocycles. The van der Waals surface area contributed by atoms with Crippen LogP contribution in [0.3, 0.4) is 0 Å². The number of benzene rings is 1. The fraction of sp³-hybridized carbons (Fsp3) is 0.360. The number of hydrogen-bond donors (Lipinski definition) is 3. The first-order valence-corrected chi connectivity index (χ1v) is 11.6. The number of rotatable bonds is 6. The van der Waals surface area contributed by atoms with Crippen LogP contribution in [-0.4, -0.2) is 49.7 Å². The first-order valence-electron chi connectivity index (χ1n) is 11.6. The van der Waals surface area contributed by atoms with Gasteiger partial charge in [-0.2, -0.15) is 10.4 Å². The second-order valence-electron chi connectivity index (χ2n) is 9.01. The number of nitrogens with zero attached hydrogens (tertiary/aromatic N) is 5. The molecule has 1 aromatic carbocycles. The van der Waals surface area contributed by atoms with Crippen LogP contribution in [-0.2, 0) is 0 Å². The van der Waals surface area contributed by atoms with Crippen molar-refractivity contribution in [2.75, 3.05) is 17.2 Å². The van der Waals surface area contributed by atoms with Crippen LogP contribution in [0.5, 0.6) is 0 Å². The van der Waals surface area contributed by atoms with Gasteiger partial charge in [0.15, 0.2) is 5.82 Å². The Morgan fingerprint density at radius 3 is 2.73 bits per heavy atom. The molecule has 8 heteroatoms. The van der Waals surface area contributed by atoms with Gasteiger partial charge in [-0.1, -0.05) is 12.1 Å². The van der Waals surface area contributed by atoms with E-state index in [1.807, 2.05) is 42.6 Å². The van der Waals surface area contributed by atoms with E-state index in [1.54, 1.807) is 0 Å². The Labute approximate surface area is 192 Å². The normalized spacial score (nSPS) is 22.5. The standard InChI is InChI=1S/C25H26N8/c26-10-4-12-33-17-8-9-18(33)14-16(13-17)28-24-20-6-3-11-27-22(20)15-23(29-24)30-25-19-5-1-2-7-21(19)31-32-25/h1-3,5-7,11,15-18H,4,8-9,12-14H2,(H3,28,29,30,31,32)/t16?,17-,18?/m0/s1. The van der Waals surface area contributed by atoms with Gasteiger partial charge in [0.1, 0.15) is 11.6 Å². The molecule has 0 amide bonds. The highest BCUT2D eigenvalue weighted by Crippen LogP contribution is 2.37. The van der Waals surface area contributed by atoms with Crippen molar-refractivity contribution in [2.45, 2.75) is 50.2 Å². The van der Waals surface area contributed by atoms with Crippen LogP contribution in [0.25, 0.3) is 21.8 Å². The lowest BCUT2D eigenvalue weighted by Gasteiger charge is -2.39. The van der Waals surface area contributed by atoms with Gasteiger partial charge in [0.25, 0.3) is 0 Å². The molecular weight excluding hydrogens is 412 g/mol. The van der Waals surface area contributed by atoms with Gasteiger partial charge in [0.05, 0.1) is 17.1 Å². The maximum absolute atomic E-state index is 9.00. The van der Waals surface area contributed by atoms with Gasteiger partial charge in [0.2, 0.25) is 0 Å². The predicted molar refractivity (Wildman–Crippen MR) is 129 cm³/mol. The summed E-state index contributed by atoms with van der Waals surface area (Å²) in [5, 5.41) is 25.7. The molecule has 2 unspecified atom stereocenters. The number of para-hydroxylation sites is 1. The number of pyridine rings is 2. The molecule has 2 bridgehead atoms. The number of anilines is 3. The van der Waals surface area contributed by atoms with E-state index in [1.165, 1.54) is 12.8 Å². The lowest BCUT2D eigenvalue weighted by molar-refractivity contribution is 0.136. The molecule has 4 aromatic rings. The molecule has 3 N–H and O–H groups in total. The molecular formula is C25H26N8. The highest BCUT2D eigenvalue weighted by molar-refractivity contribution is 5.94. The van der Waals surface area contributed by atoms with E-state index in [2.05, 4.69) is 42.9 Å². The summed E-state index contributed by atoms with van der Waals surface area (Å²) in [5.74, 6) is 2.33. The Balaban J connectivity index is 1.28. The molecule has 33 heavy (non-hydrogen) atoms. The highest BCUT2D eigenvalue weighted by Gasteiger charge is 2.40. The minimum absolute atomic E-state index is 0.359. The molecule has 3 atom stereocenters. The molecule has 3 aromatic heterocycles. The Morgan fingerprint density at radius 1 is 1.06 bits per heavy atom. The lowest BCUT2D eigenvalue weighted by Crippen LogP contribution is -2.47. The van der Waals surface area contributed by atoms with Gasteiger partial charge in [-0.3, -0.25) is 15.0 Å². The van der Waals surface area contributed by atoms with E-state index in [0.717, 1.165) is 58.6 Å². The maximum Gasteiger partial charge on any atom is 0.161 e. The summed E-state index contributed by atoms with van der Waals surface area (Å²) in [4.78, 5) is 12.1. The molecule has 6 rings (SSSR count). The largest absolute Gasteiger partial charge is 0.367 e. The third kappa shape index (κ3) is 3.74. The van der Waals surface area contributed by atoms with Gasteiger partial charge < -0.3 is 10.6 Å². The molecule has 2 aliphatic heterocycles. The van der Waals surface area contributed by atoms with Crippen molar-refractivity contribution in [2.24, 2.45) is 0 Å². The second kappa shape index (κ2) is 8.34. The fourth-order valence-electron chi connectivity index (χ4n) is 5.56. The Hall–Kier alpha value is -3.70. The summed E-state index contributed by atoms with van der Waals surface area (Å²) in [7, 11) is 0. The van der Waals surface area contributed by atoms with E-state index in [0.29, 0.717) is 24.5 Å². The van der Waals surface area contributed by atoms with Crippen LogP contribution in [0.15, 0.2) is 48.7 Å². The highest BCUT2D eigenvalue weighted by atomic mass is 15.2. The number of aromatic nitrogens is 4. The molecule has 2 saturated heterocycles. The zero-order chi connectivity index (χ0) is 22.2. The average molecular weight is 439 g/mol. The summed E-state index contributed by atoms with van der Waals surface area (Å²) in [5.41, 5.74) is 1.88. The van der Waals surface area contributed by atoms with Gasteiger partial charge in [-0.05, 0) is 49.9 Å². The summed E-state index contributed by atoms with van der Waals surface area (Å²) in [6.07, 6.45) is 7.02. The lowest BCUT2D eigenvalue weighted by atomic mass is 9.97. The maximum atomic E-state index is 9.00. The molecule has 0 saturated carbocycles. The summed E-state index contributed by atoms with van der Waals surface area (Å²) in [6, 6.07) is 17.8. The van der Waals surface area contributed by atoms with Gasteiger partial charge >= 0.3 is 0 Å². The Bertz CT molecular complexity index is 1330. The van der Waals surface area contributed by atoms with Crippen LogP contribution in [0.2, 0.25) is 0 Å². The van der Waals surface area contributed by atoms with E-state index >= 15 is 0 Å². The fourth-order valence-corrected chi connectivity index (χ4v) is 5.56. The number of fused-ring (bicyclic) bond motifs is 4. The Kier molecular flexibility index (Phi) is 5.04. The summed E-state index contributed by atoms with van der Waals surface area (Å²) in [6.45, 7) is 0.890. The zero-order valence-corrected chi connectivity index (χ0v) is 18.3. The number of nitriles is 1. The Morgan fingerprint density at radius 2 is 1.88 bits per heavy atom. The molecule has 2 fully saturated rings. The van der Waals surface area contributed by atoms with E-state index in [9.17, 15) is 0 Å². The van der Waals surface area contributed by atoms with Gasteiger partial charge in [-0.15, -0.1) is 0 Å². The van der Waals surface area contributed by atoms with E-state index in [4.69, 9.17) is 10.2 Å². The zero-order valence-electron chi connectivity index (χ0n) is 18.3. The van der Waals surface area contributed by atoms with Crippen molar-refractivity contribution in [3.05, 3.63) is 48.7 Å². The van der Waals surface area contributed by atoms with E-state index < -0.39 is 0 Å². The summed E-state index contributed by atoms with van der Waals surface area (Å²) < 4.78 is 0. The number of aromatic amines is 1.